The van der Waals surface area contributed by atoms with Crippen molar-refractivity contribution in [3.8, 4) is 17.1 Å². The molecule has 1 N–H and O–H groups in total. The van der Waals surface area contributed by atoms with Gasteiger partial charge in [0.15, 0.2) is 0 Å². The van der Waals surface area contributed by atoms with E-state index in [0.29, 0.717) is 11.7 Å². The fourth-order valence-electron chi connectivity index (χ4n) is 2.21. The van der Waals surface area contributed by atoms with Crippen molar-refractivity contribution in [2.45, 2.75) is 18.9 Å². The quantitative estimate of drug-likeness (QED) is 0.898. The van der Waals surface area contributed by atoms with Crippen LogP contribution < -0.4 is 10.1 Å². The number of ether oxygens (including phenoxy) is 1. The topological polar surface area (TPSA) is 60.2 Å². The van der Waals surface area contributed by atoms with Crippen LogP contribution in [0.5, 0.6) is 5.75 Å². The zero-order chi connectivity index (χ0) is 12.4. The Morgan fingerprint density at radius 3 is 3.06 bits per heavy atom. The molecule has 2 heterocycles. The number of hydrogen-bond donors (Lipinski definition) is 1. The first-order chi connectivity index (χ1) is 8.88. The van der Waals surface area contributed by atoms with E-state index < -0.39 is 0 Å². The molecule has 1 aromatic carbocycles. The Bertz CT molecular complexity index is 533. The van der Waals surface area contributed by atoms with Crippen molar-refractivity contribution >= 4 is 0 Å². The summed E-state index contributed by atoms with van der Waals surface area (Å²) >= 11 is 0. The average molecular weight is 245 g/mol. The van der Waals surface area contributed by atoms with Crippen molar-refractivity contribution in [2.75, 3.05) is 13.7 Å². The van der Waals surface area contributed by atoms with E-state index in [1.807, 2.05) is 24.3 Å². The minimum Gasteiger partial charge on any atom is -0.496 e. The van der Waals surface area contributed by atoms with Crippen molar-refractivity contribution in [1.82, 2.24) is 15.5 Å². The minimum atomic E-state index is 0.195. The molecule has 1 aromatic heterocycles. The second-order valence-corrected chi connectivity index (χ2v) is 4.31. The molecule has 0 unspecified atom stereocenters. The first-order valence-corrected chi connectivity index (χ1v) is 6.09. The lowest BCUT2D eigenvalue weighted by molar-refractivity contribution is 0.344. The van der Waals surface area contributed by atoms with Gasteiger partial charge in [-0.15, -0.1) is 0 Å². The summed E-state index contributed by atoms with van der Waals surface area (Å²) in [4.78, 5) is 4.45. The summed E-state index contributed by atoms with van der Waals surface area (Å²) < 4.78 is 10.6. The van der Waals surface area contributed by atoms with E-state index in [1.54, 1.807) is 7.11 Å². The summed E-state index contributed by atoms with van der Waals surface area (Å²) in [5, 5.41) is 7.37. The van der Waals surface area contributed by atoms with Crippen molar-refractivity contribution in [3.63, 3.8) is 0 Å². The maximum atomic E-state index is 5.32. The van der Waals surface area contributed by atoms with Crippen LogP contribution in [0.4, 0.5) is 0 Å². The van der Waals surface area contributed by atoms with Gasteiger partial charge in [0.05, 0.1) is 18.7 Å². The molecule has 94 valence electrons. The Morgan fingerprint density at radius 1 is 1.39 bits per heavy atom. The Kier molecular flexibility index (Phi) is 2.98. The van der Waals surface area contributed by atoms with Gasteiger partial charge in [-0.3, -0.25) is 0 Å². The second kappa shape index (κ2) is 4.78. The maximum absolute atomic E-state index is 5.32. The molecule has 0 amide bonds. The zero-order valence-electron chi connectivity index (χ0n) is 10.2. The number of methoxy groups -OCH3 is 1. The lowest BCUT2D eigenvalue weighted by atomic mass is 10.2. The molecule has 1 saturated heterocycles. The normalized spacial score (nSPS) is 19.1. The van der Waals surface area contributed by atoms with Gasteiger partial charge in [-0.25, -0.2) is 0 Å². The summed E-state index contributed by atoms with van der Waals surface area (Å²) in [6, 6.07) is 7.86. The molecule has 0 saturated carbocycles. The predicted octanol–water partition coefficient (Wildman–Crippen LogP) is 2.17. The number of benzene rings is 1. The lowest BCUT2D eigenvalue weighted by Gasteiger charge is -2.03. The van der Waals surface area contributed by atoms with Crippen molar-refractivity contribution < 1.29 is 9.26 Å². The van der Waals surface area contributed by atoms with E-state index in [-0.39, 0.29) is 6.04 Å². The molecule has 0 bridgehead atoms. The molecule has 18 heavy (non-hydrogen) atoms. The van der Waals surface area contributed by atoms with Crippen LogP contribution in [0.3, 0.4) is 0 Å². The van der Waals surface area contributed by atoms with Crippen LogP contribution in [-0.4, -0.2) is 23.8 Å². The highest BCUT2D eigenvalue weighted by Crippen LogP contribution is 2.29. The molecular weight excluding hydrogens is 230 g/mol. The van der Waals surface area contributed by atoms with Crippen LogP contribution in [-0.2, 0) is 0 Å². The van der Waals surface area contributed by atoms with E-state index in [2.05, 4.69) is 15.5 Å². The molecule has 5 nitrogen and oxygen atoms in total. The van der Waals surface area contributed by atoms with E-state index in [4.69, 9.17) is 9.26 Å². The van der Waals surface area contributed by atoms with Gasteiger partial charge in [0, 0.05) is 0 Å². The first-order valence-electron chi connectivity index (χ1n) is 6.09. The van der Waals surface area contributed by atoms with Gasteiger partial charge in [0.25, 0.3) is 0 Å². The molecule has 5 heteroatoms. The van der Waals surface area contributed by atoms with Crippen LogP contribution in [0.25, 0.3) is 11.4 Å². The second-order valence-electron chi connectivity index (χ2n) is 4.31. The monoisotopic (exact) mass is 245 g/mol. The highest BCUT2D eigenvalue weighted by molar-refractivity contribution is 5.63. The van der Waals surface area contributed by atoms with Gasteiger partial charge < -0.3 is 14.6 Å². The molecule has 3 rings (SSSR count). The fourth-order valence-corrected chi connectivity index (χ4v) is 2.21. The number of aromatic nitrogens is 2. The summed E-state index contributed by atoms with van der Waals surface area (Å²) in [5.41, 5.74) is 0.855. The number of rotatable bonds is 3. The van der Waals surface area contributed by atoms with Gasteiger partial charge in [0.2, 0.25) is 11.7 Å². The van der Waals surface area contributed by atoms with Gasteiger partial charge in [-0.2, -0.15) is 4.98 Å². The van der Waals surface area contributed by atoms with E-state index in [9.17, 15) is 0 Å². The first kappa shape index (κ1) is 11.2. The summed E-state index contributed by atoms with van der Waals surface area (Å²) in [5.74, 6) is 1.99. The molecule has 1 aliphatic heterocycles. The molecule has 2 aromatic rings. The highest BCUT2D eigenvalue weighted by atomic mass is 16.5. The zero-order valence-corrected chi connectivity index (χ0v) is 10.2. The van der Waals surface area contributed by atoms with Crippen LogP contribution in [0, 0.1) is 0 Å². The molecule has 0 radical (unpaired) electrons. The maximum Gasteiger partial charge on any atom is 0.244 e. The fraction of sp³-hybridized carbons (Fsp3) is 0.385. The molecule has 1 fully saturated rings. The van der Waals surface area contributed by atoms with Crippen LogP contribution in [0.15, 0.2) is 28.8 Å². The van der Waals surface area contributed by atoms with E-state index in [1.165, 1.54) is 0 Å². The van der Waals surface area contributed by atoms with Crippen molar-refractivity contribution in [3.05, 3.63) is 30.2 Å². The van der Waals surface area contributed by atoms with E-state index >= 15 is 0 Å². The average Bonchev–Trinajstić information content (AvgIpc) is 3.09. The predicted molar refractivity (Wildman–Crippen MR) is 66.3 cm³/mol. The van der Waals surface area contributed by atoms with Crippen molar-refractivity contribution in [1.29, 1.82) is 0 Å². The van der Waals surface area contributed by atoms with Gasteiger partial charge in [0.1, 0.15) is 5.75 Å². The SMILES string of the molecule is COc1ccccc1-c1noc([C@@H]2CCCN2)n1. The van der Waals surface area contributed by atoms with Crippen molar-refractivity contribution in [2.24, 2.45) is 0 Å². The van der Waals surface area contributed by atoms with Crippen LogP contribution >= 0.6 is 0 Å². The smallest absolute Gasteiger partial charge is 0.244 e. The molecule has 0 aliphatic carbocycles. The third kappa shape index (κ3) is 1.97. The Hall–Kier alpha value is -1.88. The van der Waals surface area contributed by atoms with Crippen LogP contribution in [0.1, 0.15) is 24.8 Å². The van der Waals surface area contributed by atoms with Crippen LogP contribution in [0.2, 0.25) is 0 Å². The standard InChI is InChI=1S/C13H15N3O2/c1-17-11-7-3-2-5-9(11)12-15-13(18-16-12)10-6-4-8-14-10/h2-3,5,7,10,14H,4,6,8H2,1H3/t10-/m0/s1. The molecule has 1 atom stereocenters. The Morgan fingerprint density at radius 2 is 2.28 bits per heavy atom. The minimum absolute atomic E-state index is 0.195. The third-order valence-electron chi connectivity index (χ3n) is 3.15. The molecular formula is C13H15N3O2. The van der Waals surface area contributed by atoms with Gasteiger partial charge in [-0.1, -0.05) is 17.3 Å². The number of nitrogens with one attached hydrogen (secondary N) is 1. The Balaban J connectivity index is 1.92. The summed E-state index contributed by atoms with van der Waals surface area (Å²) in [6.45, 7) is 1.01. The summed E-state index contributed by atoms with van der Waals surface area (Å²) in [7, 11) is 1.64. The van der Waals surface area contributed by atoms with Gasteiger partial charge >= 0.3 is 0 Å². The van der Waals surface area contributed by atoms with Gasteiger partial charge in [-0.05, 0) is 31.5 Å². The molecule has 1 aliphatic rings. The van der Waals surface area contributed by atoms with E-state index in [0.717, 1.165) is 30.7 Å². The highest BCUT2D eigenvalue weighted by Gasteiger charge is 2.23. The Labute approximate surface area is 105 Å². The number of hydrogen-bond acceptors (Lipinski definition) is 5. The largest absolute Gasteiger partial charge is 0.496 e. The third-order valence-corrected chi connectivity index (χ3v) is 3.15. The number of para-hydroxylation sites is 1. The molecule has 0 spiro atoms. The lowest BCUT2D eigenvalue weighted by Crippen LogP contribution is -2.12. The number of nitrogens with zero attached hydrogens (tertiary/aromatic N) is 2. The summed E-state index contributed by atoms with van der Waals surface area (Å²) in [6.07, 6.45) is 2.20.